The van der Waals surface area contributed by atoms with Crippen LogP contribution in [0.1, 0.15) is 26.3 Å². The maximum atomic E-state index is 4.47. The molecule has 2 aromatic heterocycles. The van der Waals surface area contributed by atoms with E-state index in [9.17, 15) is 0 Å². The van der Waals surface area contributed by atoms with E-state index in [4.69, 9.17) is 0 Å². The van der Waals surface area contributed by atoms with Crippen molar-refractivity contribution in [1.29, 1.82) is 0 Å². The molecule has 0 bridgehead atoms. The predicted molar refractivity (Wildman–Crippen MR) is 78.6 cm³/mol. The summed E-state index contributed by atoms with van der Waals surface area (Å²) < 4.78 is 1.82. The number of nitrogens with zero attached hydrogens (tertiary/aromatic N) is 4. The van der Waals surface area contributed by atoms with E-state index in [1.54, 1.807) is 0 Å². The quantitative estimate of drug-likeness (QED) is 0.865. The van der Waals surface area contributed by atoms with Crippen LogP contribution < -0.4 is 5.32 Å². The van der Waals surface area contributed by atoms with Crippen LogP contribution in [-0.2, 0) is 0 Å². The fourth-order valence-electron chi connectivity index (χ4n) is 2.18. The Labute approximate surface area is 114 Å². The van der Waals surface area contributed by atoms with Crippen LogP contribution in [0, 0.1) is 6.92 Å². The Bertz CT molecular complexity index is 530. The van der Waals surface area contributed by atoms with Crippen LogP contribution in [0.15, 0.2) is 18.3 Å². The van der Waals surface area contributed by atoms with Gasteiger partial charge < -0.3 is 10.2 Å². The zero-order valence-electron chi connectivity index (χ0n) is 12.2. The lowest BCUT2D eigenvalue weighted by molar-refractivity contribution is 0.294. The Morgan fingerprint density at radius 1 is 1.32 bits per heavy atom. The molecule has 0 spiro atoms. The molecule has 2 aromatic rings. The Morgan fingerprint density at radius 2 is 2.05 bits per heavy atom. The molecule has 5 heteroatoms. The molecule has 0 aliphatic rings. The summed E-state index contributed by atoms with van der Waals surface area (Å²) in [4.78, 5) is 6.86. The van der Waals surface area contributed by atoms with Crippen LogP contribution in [0.5, 0.6) is 0 Å². The van der Waals surface area contributed by atoms with Gasteiger partial charge in [-0.3, -0.25) is 0 Å². The first-order valence-corrected chi connectivity index (χ1v) is 6.94. The van der Waals surface area contributed by atoms with Crippen molar-refractivity contribution in [2.75, 3.05) is 25.0 Å². The monoisotopic (exact) mass is 261 g/mol. The molecule has 0 aliphatic heterocycles. The van der Waals surface area contributed by atoms with Gasteiger partial charge >= 0.3 is 0 Å². The molecule has 2 heterocycles. The summed E-state index contributed by atoms with van der Waals surface area (Å²) in [5.74, 6) is 0.699. The second-order valence-corrected chi connectivity index (χ2v) is 4.98. The number of hydrogen-bond donors (Lipinski definition) is 1. The summed E-state index contributed by atoms with van der Waals surface area (Å²) in [6, 6.07) is 4.37. The molecule has 0 radical (unpaired) electrons. The van der Waals surface area contributed by atoms with Crippen LogP contribution in [0.4, 0.5) is 5.95 Å². The molecule has 0 amide bonds. The number of hydrogen-bond acceptors (Lipinski definition) is 4. The van der Waals surface area contributed by atoms with E-state index in [0.717, 1.165) is 25.3 Å². The summed E-state index contributed by atoms with van der Waals surface area (Å²) >= 11 is 0. The molecule has 0 fully saturated rings. The summed E-state index contributed by atoms with van der Waals surface area (Å²) in [7, 11) is 0. The van der Waals surface area contributed by atoms with E-state index >= 15 is 0 Å². The Morgan fingerprint density at radius 3 is 2.74 bits per heavy atom. The van der Waals surface area contributed by atoms with E-state index in [-0.39, 0.29) is 0 Å². The smallest absolute Gasteiger partial charge is 0.243 e. The molecular formula is C14H23N5. The van der Waals surface area contributed by atoms with E-state index in [0.29, 0.717) is 12.0 Å². The number of aryl methyl sites for hydroxylation is 1. The normalized spacial score (nSPS) is 13.1. The molecule has 1 N–H and O–H groups in total. The van der Waals surface area contributed by atoms with Gasteiger partial charge in [0, 0.05) is 18.8 Å². The van der Waals surface area contributed by atoms with Gasteiger partial charge in [0.05, 0.1) is 0 Å². The van der Waals surface area contributed by atoms with Crippen molar-refractivity contribution in [3.05, 3.63) is 23.9 Å². The van der Waals surface area contributed by atoms with Gasteiger partial charge in [-0.05, 0) is 38.6 Å². The molecule has 1 atom stereocenters. The molecule has 0 saturated carbocycles. The van der Waals surface area contributed by atoms with Crippen molar-refractivity contribution >= 4 is 11.6 Å². The van der Waals surface area contributed by atoms with E-state index in [1.165, 1.54) is 5.56 Å². The number of fused-ring (bicyclic) bond motifs is 1. The number of aromatic nitrogens is 3. The predicted octanol–water partition coefficient (Wildman–Crippen LogP) is 2.18. The fourth-order valence-corrected chi connectivity index (χ4v) is 2.18. The highest BCUT2D eigenvalue weighted by atomic mass is 15.3. The zero-order chi connectivity index (χ0) is 13.8. The van der Waals surface area contributed by atoms with E-state index in [1.807, 2.05) is 22.8 Å². The number of anilines is 1. The second kappa shape index (κ2) is 6.02. The number of likely N-dealkylation sites (N-methyl/N-ethyl adjacent to an activating group) is 1. The fraction of sp³-hybridized carbons (Fsp3) is 0.571. The lowest BCUT2D eigenvalue weighted by Gasteiger charge is -2.22. The van der Waals surface area contributed by atoms with Gasteiger partial charge in [-0.1, -0.05) is 19.9 Å². The highest BCUT2D eigenvalue weighted by Gasteiger charge is 2.10. The van der Waals surface area contributed by atoms with Crippen LogP contribution in [-0.4, -0.2) is 45.2 Å². The molecule has 104 valence electrons. The summed E-state index contributed by atoms with van der Waals surface area (Å²) in [5, 5.41) is 7.81. The third kappa shape index (κ3) is 3.44. The van der Waals surface area contributed by atoms with Crippen LogP contribution >= 0.6 is 0 Å². The Hall–Kier alpha value is -1.62. The van der Waals surface area contributed by atoms with Gasteiger partial charge in [0.25, 0.3) is 0 Å². The van der Waals surface area contributed by atoms with E-state index < -0.39 is 0 Å². The van der Waals surface area contributed by atoms with E-state index in [2.05, 4.69) is 48.0 Å². The topological polar surface area (TPSA) is 45.5 Å². The maximum Gasteiger partial charge on any atom is 0.243 e. The van der Waals surface area contributed by atoms with Crippen LogP contribution in [0.3, 0.4) is 0 Å². The van der Waals surface area contributed by atoms with Crippen LogP contribution in [0.25, 0.3) is 5.65 Å². The highest BCUT2D eigenvalue weighted by molar-refractivity contribution is 5.44. The lowest BCUT2D eigenvalue weighted by Crippen LogP contribution is -2.35. The molecule has 5 nitrogen and oxygen atoms in total. The first kappa shape index (κ1) is 13.8. The van der Waals surface area contributed by atoms with Gasteiger partial charge in [-0.25, -0.2) is 4.52 Å². The molecule has 0 aliphatic carbocycles. The molecule has 2 rings (SSSR count). The standard InChI is InChI=1S/C14H23N5/c1-5-18(6-2)10-12(4)15-14-16-13-8-7-11(3)9-19(13)17-14/h7-9,12H,5-6,10H2,1-4H3,(H,15,17). The largest absolute Gasteiger partial charge is 0.349 e. The van der Waals surface area contributed by atoms with Gasteiger partial charge in [0.1, 0.15) is 0 Å². The minimum Gasteiger partial charge on any atom is -0.349 e. The molecule has 19 heavy (non-hydrogen) atoms. The Kier molecular flexibility index (Phi) is 4.37. The summed E-state index contributed by atoms with van der Waals surface area (Å²) in [5.41, 5.74) is 2.06. The van der Waals surface area contributed by atoms with Gasteiger partial charge in [0.15, 0.2) is 5.65 Å². The molecule has 0 aromatic carbocycles. The van der Waals surface area contributed by atoms with Crippen molar-refractivity contribution in [2.24, 2.45) is 0 Å². The Balaban J connectivity index is 2.04. The molecule has 0 saturated heterocycles. The zero-order valence-corrected chi connectivity index (χ0v) is 12.2. The molecular weight excluding hydrogens is 238 g/mol. The van der Waals surface area contributed by atoms with Crippen molar-refractivity contribution in [3.63, 3.8) is 0 Å². The minimum absolute atomic E-state index is 0.332. The van der Waals surface area contributed by atoms with Crippen molar-refractivity contribution < 1.29 is 0 Å². The first-order chi connectivity index (χ1) is 9.12. The maximum absolute atomic E-state index is 4.47. The number of nitrogens with one attached hydrogen (secondary N) is 1. The third-order valence-corrected chi connectivity index (χ3v) is 3.28. The second-order valence-electron chi connectivity index (χ2n) is 4.98. The average Bonchev–Trinajstić information content (AvgIpc) is 2.77. The van der Waals surface area contributed by atoms with Gasteiger partial charge in [-0.2, -0.15) is 4.98 Å². The minimum atomic E-state index is 0.332. The lowest BCUT2D eigenvalue weighted by atomic mass is 10.3. The summed E-state index contributed by atoms with van der Waals surface area (Å²) in [6.07, 6.45) is 1.99. The average molecular weight is 261 g/mol. The van der Waals surface area contributed by atoms with Crippen molar-refractivity contribution in [3.8, 4) is 0 Å². The first-order valence-electron chi connectivity index (χ1n) is 6.94. The van der Waals surface area contributed by atoms with Crippen LogP contribution in [0.2, 0.25) is 0 Å². The SMILES string of the molecule is CCN(CC)CC(C)Nc1nc2ccc(C)cn2n1. The number of rotatable bonds is 6. The van der Waals surface area contributed by atoms with Crippen molar-refractivity contribution in [2.45, 2.75) is 33.7 Å². The number of pyridine rings is 1. The molecule has 1 unspecified atom stereocenters. The highest BCUT2D eigenvalue weighted by Crippen LogP contribution is 2.08. The third-order valence-electron chi connectivity index (χ3n) is 3.28. The summed E-state index contributed by atoms with van der Waals surface area (Å²) in [6.45, 7) is 11.7. The van der Waals surface area contributed by atoms with Gasteiger partial charge in [-0.15, -0.1) is 5.10 Å². The van der Waals surface area contributed by atoms with Crippen molar-refractivity contribution in [1.82, 2.24) is 19.5 Å². The van der Waals surface area contributed by atoms with Gasteiger partial charge in [0.2, 0.25) is 5.95 Å².